The van der Waals surface area contributed by atoms with Crippen molar-refractivity contribution >= 4 is 10.9 Å². The van der Waals surface area contributed by atoms with Crippen LogP contribution in [0.15, 0.2) is 78.9 Å². The Hall–Kier alpha value is -2.91. The Morgan fingerprint density at radius 2 is 1.63 bits per heavy atom. The van der Waals surface area contributed by atoms with Crippen molar-refractivity contribution in [1.82, 2.24) is 9.88 Å². The third-order valence-electron chi connectivity index (χ3n) is 5.55. The first-order valence-corrected chi connectivity index (χ1v) is 9.42. The molecular formula is C24H21FN2. The normalized spacial score (nSPS) is 17.1. The number of nitrogens with zero attached hydrogens (tertiary/aromatic N) is 1. The van der Waals surface area contributed by atoms with E-state index in [2.05, 4.69) is 58.4 Å². The Kier molecular flexibility index (Phi) is 4.02. The lowest BCUT2D eigenvalue weighted by Crippen LogP contribution is -2.35. The monoisotopic (exact) mass is 356 g/mol. The number of benzene rings is 3. The standard InChI is InChI=1S/C24H21FN2/c25-19-12-10-18(11-13-19)24-23-21(20-8-4-5-9-22(20)26-23)14-15-27(24)16-17-6-2-1-3-7-17/h1-13,24,26H,14-16H2/t24-/m0/s1. The van der Waals surface area contributed by atoms with E-state index in [1.165, 1.54) is 27.7 Å². The van der Waals surface area contributed by atoms with Crippen LogP contribution in [0.4, 0.5) is 4.39 Å². The van der Waals surface area contributed by atoms with Gasteiger partial charge in [0, 0.05) is 29.7 Å². The van der Waals surface area contributed by atoms with E-state index in [0.29, 0.717) is 0 Å². The molecule has 2 nitrogen and oxygen atoms in total. The number of aromatic amines is 1. The largest absolute Gasteiger partial charge is 0.357 e. The molecule has 4 aromatic rings. The summed E-state index contributed by atoms with van der Waals surface area (Å²) in [5, 5.41) is 1.30. The van der Waals surface area contributed by atoms with E-state index in [9.17, 15) is 4.39 Å². The van der Waals surface area contributed by atoms with Crippen molar-refractivity contribution in [2.24, 2.45) is 0 Å². The van der Waals surface area contributed by atoms with Gasteiger partial charge in [0.2, 0.25) is 0 Å². The fraction of sp³-hybridized carbons (Fsp3) is 0.167. The van der Waals surface area contributed by atoms with Gasteiger partial charge in [0.25, 0.3) is 0 Å². The van der Waals surface area contributed by atoms with Crippen LogP contribution in [0.2, 0.25) is 0 Å². The van der Waals surface area contributed by atoms with Crippen LogP contribution in [-0.4, -0.2) is 16.4 Å². The second-order valence-electron chi connectivity index (χ2n) is 7.22. The SMILES string of the molecule is Fc1ccc([C@H]2c3[nH]c4ccccc4c3CCN2Cc2ccccc2)cc1. The number of rotatable bonds is 3. The van der Waals surface area contributed by atoms with Crippen molar-refractivity contribution in [2.45, 2.75) is 19.0 Å². The maximum absolute atomic E-state index is 13.5. The average Bonchev–Trinajstić information content (AvgIpc) is 3.08. The van der Waals surface area contributed by atoms with Crippen molar-refractivity contribution < 1.29 is 4.39 Å². The van der Waals surface area contributed by atoms with Crippen LogP contribution in [0.25, 0.3) is 10.9 Å². The summed E-state index contributed by atoms with van der Waals surface area (Å²) in [6.45, 7) is 1.85. The molecule has 27 heavy (non-hydrogen) atoms. The van der Waals surface area contributed by atoms with E-state index >= 15 is 0 Å². The molecule has 0 bridgehead atoms. The van der Waals surface area contributed by atoms with Crippen molar-refractivity contribution in [3.8, 4) is 0 Å². The molecule has 5 rings (SSSR count). The third kappa shape index (κ3) is 2.94. The van der Waals surface area contributed by atoms with E-state index in [4.69, 9.17) is 0 Å². The zero-order chi connectivity index (χ0) is 18.2. The number of fused-ring (bicyclic) bond motifs is 3. The minimum atomic E-state index is -0.193. The molecule has 134 valence electrons. The topological polar surface area (TPSA) is 19.0 Å². The Bertz CT molecular complexity index is 1070. The Morgan fingerprint density at radius 1 is 0.889 bits per heavy atom. The first kappa shape index (κ1) is 16.3. The molecule has 1 aliphatic rings. The van der Waals surface area contributed by atoms with Crippen LogP contribution in [0, 0.1) is 5.82 Å². The fourth-order valence-electron chi connectivity index (χ4n) is 4.30. The first-order valence-electron chi connectivity index (χ1n) is 9.42. The van der Waals surface area contributed by atoms with E-state index in [-0.39, 0.29) is 11.9 Å². The molecule has 0 fully saturated rings. The second kappa shape index (κ2) is 6.67. The molecular weight excluding hydrogens is 335 g/mol. The van der Waals surface area contributed by atoms with Crippen LogP contribution in [0.3, 0.4) is 0 Å². The second-order valence-corrected chi connectivity index (χ2v) is 7.22. The molecule has 0 unspecified atom stereocenters. The molecule has 0 aliphatic carbocycles. The number of nitrogens with one attached hydrogen (secondary N) is 1. The Balaban J connectivity index is 1.62. The zero-order valence-corrected chi connectivity index (χ0v) is 15.0. The highest BCUT2D eigenvalue weighted by atomic mass is 19.1. The molecule has 3 heteroatoms. The van der Waals surface area contributed by atoms with Crippen molar-refractivity contribution in [3.05, 3.63) is 107 Å². The minimum absolute atomic E-state index is 0.0990. The van der Waals surface area contributed by atoms with Crippen LogP contribution in [0.1, 0.15) is 28.4 Å². The fourth-order valence-corrected chi connectivity index (χ4v) is 4.30. The molecule has 0 amide bonds. The van der Waals surface area contributed by atoms with Gasteiger partial charge in [-0.25, -0.2) is 4.39 Å². The highest BCUT2D eigenvalue weighted by Gasteiger charge is 2.31. The van der Waals surface area contributed by atoms with E-state index < -0.39 is 0 Å². The lowest BCUT2D eigenvalue weighted by atomic mass is 9.92. The maximum atomic E-state index is 13.5. The lowest BCUT2D eigenvalue weighted by Gasteiger charge is -2.36. The van der Waals surface area contributed by atoms with Gasteiger partial charge in [0.05, 0.1) is 6.04 Å². The van der Waals surface area contributed by atoms with Gasteiger partial charge in [0.1, 0.15) is 5.82 Å². The predicted octanol–water partition coefficient (Wildman–Crippen LogP) is 5.45. The average molecular weight is 356 g/mol. The molecule has 3 aromatic carbocycles. The molecule has 1 atom stereocenters. The molecule has 1 aliphatic heterocycles. The first-order chi connectivity index (χ1) is 13.3. The number of halogens is 1. The molecule has 0 spiro atoms. The van der Waals surface area contributed by atoms with Crippen molar-refractivity contribution in [1.29, 1.82) is 0 Å². The zero-order valence-electron chi connectivity index (χ0n) is 15.0. The molecule has 0 saturated carbocycles. The molecule has 1 N–H and O–H groups in total. The van der Waals surface area contributed by atoms with E-state index in [0.717, 1.165) is 25.1 Å². The summed E-state index contributed by atoms with van der Waals surface area (Å²) in [6.07, 6.45) is 1.02. The maximum Gasteiger partial charge on any atom is 0.123 e. The summed E-state index contributed by atoms with van der Waals surface area (Å²) in [5.41, 5.74) is 6.23. The Labute approximate surface area is 158 Å². The minimum Gasteiger partial charge on any atom is -0.357 e. The molecule has 0 radical (unpaired) electrons. The smallest absolute Gasteiger partial charge is 0.123 e. The van der Waals surface area contributed by atoms with Crippen LogP contribution in [0.5, 0.6) is 0 Å². The van der Waals surface area contributed by atoms with Crippen LogP contribution < -0.4 is 0 Å². The van der Waals surface area contributed by atoms with Gasteiger partial charge >= 0.3 is 0 Å². The molecule has 1 aromatic heterocycles. The van der Waals surface area contributed by atoms with Crippen molar-refractivity contribution in [2.75, 3.05) is 6.54 Å². The summed E-state index contributed by atoms with van der Waals surface area (Å²) in [6, 6.07) is 26.1. The van der Waals surface area contributed by atoms with Gasteiger partial charge < -0.3 is 4.98 Å². The highest BCUT2D eigenvalue weighted by Crippen LogP contribution is 2.39. The quantitative estimate of drug-likeness (QED) is 0.517. The highest BCUT2D eigenvalue weighted by molar-refractivity contribution is 5.85. The summed E-state index contributed by atoms with van der Waals surface area (Å²) in [4.78, 5) is 6.15. The Morgan fingerprint density at radius 3 is 2.44 bits per heavy atom. The summed E-state index contributed by atoms with van der Waals surface area (Å²) >= 11 is 0. The van der Waals surface area contributed by atoms with Gasteiger partial charge in [0.15, 0.2) is 0 Å². The van der Waals surface area contributed by atoms with E-state index in [1.807, 2.05) is 18.2 Å². The van der Waals surface area contributed by atoms with Gasteiger partial charge in [-0.2, -0.15) is 0 Å². The summed E-state index contributed by atoms with van der Waals surface area (Å²) < 4.78 is 13.5. The van der Waals surface area contributed by atoms with Gasteiger partial charge in [-0.05, 0) is 41.3 Å². The summed E-state index contributed by atoms with van der Waals surface area (Å²) in [5.74, 6) is -0.193. The predicted molar refractivity (Wildman–Crippen MR) is 107 cm³/mol. The molecule has 2 heterocycles. The number of H-pyrrole nitrogens is 1. The van der Waals surface area contributed by atoms with E-state index in [1.54, 1.807) is 12.1 Å². The number of aromatic nitrogens is 1. The summed E-state index contributed by atoms with van der Waals surface area (Å²) in [7, 11) is 0. The van der Waals surface area contributed by atoms with Crippen LogP contribution >= 0.6 is 0 Å². The number of hydrogen-bond donors (Lipinski definition) is 1. The third-order valence-corrected chi connectivity index (χ3v) is 5.55. The molecule has 0 saturated heterocycles. The number of hydrogen-bond acceptors (Lipinski definition) is 1. The van der Waals surface area contributed by atoms with Gasteiger partial charge in [-0.3, -0.25) is 4.90 Å². The van der Waals surface area contributed by atoms with Crippen LogP contribution in [-0.2, 0) is 13.0 Å². The van der Waals surface area contributed by atoms with Gasteiger partial charge in [-0.15, -0.1) is 0 Å². The number of para-hydroxylation sites is 1. The van der Waals surface area contributed by atoms with Crippen molar-refractivity contribution in [3.63, 3.8) is 0 Å². The van der Waals surface area contributed by atoms with Gasteiger partial charge in [-0.1, -0.05) is 60.7 Å². The lowest BCUT2D eigenvalue weighted by molar-refractivity contribution is 0.202.